The van der Waals surface area contributed by atoms with E-state index in [1.54, 1.807) is 0 Å². The van der Waals surface area contributed by atoms with Gasteiger partial charge in [0.15, 0.2) is 0 Å². The lowest BCUT2D eigenvalue weighted by Gasteiger charge is -2.36. The van der Waals surface area contributed by atoms with Crippen LogP contribution < -0.4 is 5.32 Å². The fourth-order valence-electron chi connectivity index (χ4n) is 2.84. The fourth-order valence-corrected chi connectivity index (χ4v) is 2.84. The molecule has 0 bridgehead atoms. The molecule has 0 aliphatic carbocycles. The number of hydrogen-bond donors (Lipinski definition) is 1. The zero-order valence-corrected chi connectivity index (χ0v) is 14.1. The largest absolute Gasteiger partial charge is 0.333 e. The van der Waals surface area contributed by atoms with Crippen LogP contribution in [0.2, 0.25) is 0 Å². The van der Waals surface area contributed by atoms with Crippen molar-refractivity contribution in [2.75, 3.05) is 26.2 Å². The van der Waals surface area contributed by atoms with E-state index in [9.17, 15) is 4.79 Å². The Morgan fingerprint density at radius 2 is 1.96 bits per heavy atom. The molecular formula is C17H25N5O. The van der Waals surface area contributed by atoms with Crippen molar-refractivity contribution in [3.8, 4) is 0 Å². The quantitative estimate of drug-likeness (QED) is 0.922. The molecule has 1 aliphatic heterocycles. The minimum absolute atomic E-state index is 0.0342. The van der Waals surface area contributed by atoms with Crippen LogP contribution in [0, 0.1) is 0 Å². The molecule has 6 heteroatoms. The second-order valence-corrected chi connectivity index (χ2v) is 7.12. The lowest BCUT2D eigenvalue weighted by Crippen LogP contribution is -2.54. The third-order valence-electron chi connectivity index (χ3n) is 4.02. The van der Waals surface area contributed by atoms with Gasteiger partial charge in [0.05, 0.1) is 11.9 Å². The first-order valence-electron chi connectivity index (χ1n) is 8.13. The molecule has 1 N–H and O–H groups in total. The van der Waals surface area contributed by atoms with Crippen LogP contribution in [0.5, 0.6) is 0 Å². The first-order chi connectivity index (χ1) is 10.9. The van der Waals surface area contributed by atoms with Crippen molar-refractivity contribution in [3.05, 3.63) is 36.3 Å². The molecule has 0 saturated carbocycles. The maximum absolute atomic E-state index is 12.2. The van der Waals surface area contributed by atoms with Crippen LogP contribution in [-0.2, 0) is 6.54 Å². The monoisotopic (exact) mass is 315 g/mol. The van der Waals surface area contributed by atoms with Crippen molar-refractivity contribution in [3.63, 3.8) is 0 Å². The zero-order chi connectivity index (χ0) is 16.4. The van der Waals surface area contributed by atoms with Crippen molar-refractivity contribution in [2.45, 2.75) is 32.9 Å². The molecule has 2 amide bonds. The molecule has 23 heavy (non-hydrogen) atoms. The smallest absolute Gasteiger partial charge is 0.317 e. The molecule has 0 radical (unpaired) electrons. The molecule has 1 saturated heterocycles. The number of carbonyl (C=O) groups excluding carboxylic acids is 1. The number of pyridine rings is 1. The van der Waals surface area contributed by atoms with Crippen LogP contribution in [0.25, 0.3) is 5.65 Å². The molecular weight excluding hydrogens is 290 g/mol. The predicted molar refractivity (Wildman–Crippen MR) is 90.3 cm³/mol. The van der Waals surface area contributed by atoms with Gasteiger partial charge in [-0.1, -0.05) is 6.07 Å². The highest BCUT2D eigenvalue weighted by Crippen LogP contribution is 2.12. The highest BCUT2D eigenvalue weighted by atomic mass is 16.2. The van der Waals surface area contributed by atoms with E-state index in [0.717, 1.165) is 38.4 Å². The van der Waals surface area contributed by atoms with Crippen LogP contribution in [0.3, 0.4) is 0 Å². The van der Waals surface area contributed by atoms with Gasteiger partial charge in [-0.05, 0) is 32.9 Å². The SMILES string of the molecule is CC(C)(C)NC(=O)N1CCN(Cc2cnc3ccccn23)CC1. The van der Waals surface area contributed by atoms with E-state index in [2.05, 4.69) is 19.6 Å². The molecule has 1 aliphatic rings. The van der Waals surface area contributed by atoms with E-state index < -0.39 is 0 Å². The highest BCUT2D eigenvalue weighted by molar-refractivity contribution is 5.75. The maximum atomic E-state index is 12.2. The number of imidazole rings is 1. The summed E-state index contributed by atoms with van der Waals surface area (Å²) in [6, 6.07) is 6.07. The number of nitrogens with zero attached hydrogens (tertiary/aromatic N) is 4. The zero-order valence-electron chi connectivity index (χ0n) is 14.1. The number of rotatable bonds is 2. The van der Waals surface area contributed by atoms with Crippen molar-refractivity contribution >= 4 is 11.7 Å². The van der Waals surface area contributed by atoms with Crippen molar-refractivity contribution in [1.29, 1.82) is 0 Å². The normalized spacial score (nSPS) is 16.7. The van der Waals surface area contributed by atoms with Gasteiger partial charge in [0, 0.05) is 44.5 Å². The van der Waals surface area contributed by atoms with Gasteiger partial charge >= 0.3 is 6.03 Å². The summed E-state index contributed by atoms with van der Waals surface area (Å²) in [5.41, 5.74) is 1.98. The summed E-state index contributed by atoms with van der Waals surface area (Å²) in [7, 11) is 0. The molecule has 6 nitrogen and oxygen atoms in total. The molecule has 0 atom stereocenters. The van der Waals surface area contributed by atoms with E-state index >= 15 is 0 Å². The van der Waals surface area contributed by atoms with Crippen LogP contribution in [0.4, 0.5) is 4.79 Å². The maximum Gasteiger partial charge on any atom is 0.317 e. The summed E-state index contributed by atoms with van der Waals surface area (Å²) in [5.74, 6) is 0. The Morgan fingerprint density at radius 1 is 1.22 bits per heavy atom. The number of fused-ring (bicyclic) bond motifs is 1. The summed E-state index contributed by atoms with van der Waals surface area (Å²) in [5, 5.41) is 3.03. The molecule has 0 spiro atoms. The summed E-state index contributed by atoms with van der Waals surface area (Å²) < 4.78 is 2.12. The fraction of sp³-hybridized carbons (Fsp3) is 0.529. The Kier molecular flexibility index (Phi) is 4.26. The topological polar surface area (TPSA) is 52.9 Å². The highest BCUT2D eigenvalue weighted by Gasteiger charge is 2.24. The molecule has 3 rings (SSSR count). The molecule has 2 aromatic heterocycles. The molecule has 3 heterocycles. The van der Waals surface area contributed by atoms with Crippen molar-refractivity contribution in [2.24, 2.45) is 0 Å². The molecule has 2 aromatic rings. The van der Waals surface area contributed by atoms with Crippen molar-refractivity contribution < 1.29 is 4.79 Å². The number of urea groups is 1. The number of piperazine rings is 1. The van der Waals surface area contributed by atoms with E-state index in [4.69, 9.17) is 0 Å². The Hall–Kier alpha value is -2.08. The Labute approximate surface area is 137 Å². The summed E-state index contributed by atoms with van der Waals surface area (Å²) in [6.07, 6.45) is 3.98. The van der Waals surface area contributed by atoms with Gasteiger partial charge in [-0.3, -0.25) is 4.90 Å². The number of amides is 2. The average Bonchev–Trinajstić information content (AvgIpc) is 2.90. The summed E-state index contributed by atoms with van der Waals surface area (Å²) >= 11 is 0. The molecule has 0 unspecified atom stereocenters. The third-order valence-corrected chi connectivity index (χ3v) is 4.02. The van der Waals surface area contributed by atoms with E-state index in [-0.39, 0.29) is 11.6 Å². The van der Waals surface area contributed by atoms with E-state index in [1.165, 1.54) is 5.69 Å². The minimum Gasteiger partial charge on any atom is -0.333 e. The molecule has 0 aromatic carbocycles. The average molecular weight is 315 g/mol. The Bertz CT molecular complexity index is 680. The van der Waals surface area contributed by atoms with Gasteiger partial charge in [0.1, 0.15) is 5.65 Å². The van der Waals surface area contributed by atoms with Crippen LogP contribution in [-0.4, -0.2) is 56.9 Å². The number of hydrogen-bond acceptors (Lipinski definition) is 3. The van der Waals surface area contributed by atoms with Crippen LogP contribution in [0.15, 0.2) is 30.6 Å². The number of aromatic nitrogens is 2. The van der Waals surface area contributed by atoms with E-state index in [0.29, 0.717) is 0 Å². The molecule has 1 fully saturated rings. The van der Waals surface area contributed by atoms with Gasteiger partial charge in [0.2, 0.25) is 0 Å². The van der Waals surface area contributed by atoms with Crippen molar-refractivity contribution in [1.82, 2.24) is 24.5 Å². The molecule has 124 valence electrons. The van der Waals surface area contributed by atoms with Crippen LogP contribution in [0.1, 0.15) is 26.5 Å². The van der Waals surface area contributed by atoms with Gasteiger partial charge in [0.25, 0.3) is 0 Å². The standard InChI is InChI=1S/C17H25N5O/c1-17(2,3)19-16(23)21-10-8-20(9-11-21)13-14-12-18-15-6-4-5-7-22(14)15/h4-7,12H,8-11,13H2,1-3H3,(H,19,23). The third kappa shape index (κ3) is 3.82. The lowest BCUT2D eigenvalue weighted by molar-refractivity contribution is 0.130. The Balaban J connectivity index is 1.56. The van der Waals surface area contributed by atoms with Gasteiger partial charge in [-0.15, -0.1) is 0 Å². The van der Waals surface area contributed by atoms with Gasteiger partial charge in [-0.25, -0.2) is 9.78 Å². The first kappa shape index (κ1) is 15.8. The number of carbonyl (C=O) groups is 1. The predicted octanol–water partition coefficient (Wildman–Crippen LogP) is 1.96. The lowest BCUT2D eigenvalue weighted by atomic mass is 10.1. The second kappa shape index (κ2) is 6.20. The van der Waals surface area contributed by atoms with Crippen LogP contribution >= 0.6 is 0 Å². The first-order valence-corrected chi connectivity index (χ1v) is 8.13. The van der Waals surface area contributed by atoms with E-state index in [1.807, 2.05) is 56.3 Å². The minimum atomic E-state index is -0.190. The number of nitrogens with one attached hydrogen (secondary N) is 1. The second-order valence-electron chi connectivity index (χ2n) is 7.12. The van der Waals surface area contributed by atoms with Gasteiger partial charge in [-0.2, -0.15) is 0 Å². The van der Waals surface area contributed by atoms with Gasteiger partial charge < -0.3 is 14.6 Å². The summed E-state index contributed by atoms with van der Waals surface area (Å²) in [6.45, 7) is 10.2. The summed E-state index contributed by atoms with van der Waals surface area (Å²) in [4.78, 5) is 20.9. The Morgan fingerprint density at radius 3 is 2.65 bits per heavy atom.